The van der Waals surface area contributed by atoms with Crippen LogP contribution in [-0.4, -0.2) is 55.1 Å². The molecule has 0 bridgehead atoms. The van der Waals surface area contributed by atoms with Gasteiger partial charge in [-0.1, -0.05) is 6.92 Å². The van der Waals surface area contributed by atoms with Crippen LogP contribution in [0.25, 0.3) is 0 Å². The summed E-state index contributed by atoms with van der Waals surface area (Å²) < 4.78 is 13.3. The summed E-state index contributed by atoms with van der Waals surface area (Å²) >= 11 is 0. The van der Waals surface area contributed by atoms with Crippen molar-refractivity contribution in [3.05, 3.63) is 11.9 Å². The molecule has 1 aliphatic heterocycles. The molecule has 0 saturated carbocycles. The lowest BCUT2D eigenvalue weighted by Gasteiger charge is -2.27. The first kappa shape index (κ1) is 16.2. The quantitative estimate of drug-likeness (QED) is 0.560. The standard InChI is InChI=1S/C14H27N5O2/c1-10-5-8-21-14(10)12(17-15)13-11(20-4)9-16-19(13)7-6-18(2)3/h9-10,12,14,17H,5-8,15H2,1-4H3. The molecular formula is C14H27N5O2. The molecule has 2 heterocycles. The summed E-state index contributed by atoms with van der Waals surface area (Å²) in [5.41, 5.74) is 3.86. The first-order valence-electron chi connectivity index (χ1n) is 7.40. The van der Waals surface area contributed by atoms with Crippen molar-refractivity contribution in [2.24, 2.45) is 11.8 Å². The molecule has 1 aromatic heterocycles. The van der Waals surface area contributed by atoms with Crippen LogP contribution in [-0.2, 0) is 11.3 Å². The number of ether oxygens (including phenoxy) is 2. The fraction of sp³-hybridized carbons (Fsp3) is 0.786. The van der Waals surface area contributed by atoms with Crippen LogP contribution in [0.3, 0.4) is 0 Å². The zero-order valence-electron chi connectivity index (χ0n) is 13.4. The number of nitrogens with zero attached hydrogens (tertiary/aromatic N) is 3. The van der Waals surface area contributed by atoms with E-state index in [0.29, 0.717) is 5.92 Å². The van der Waals surface area contributed by atoms with Gasteiger partial charge in [0.15, 0.2) is 5.75 Å². The van der Waals surface area contributed by atoms with Gasteiger partial charge in [-0.2, -0.15) is 5.10 Å². The molecule has 1 aliphatic rings. The monoisotopic (exact) mass is 297 g/mol. The van der Waals surface area contributed by atoms with Gasteiger partial charge in [0.2, 0.25) is 0 Å². The predicted molar refractivity (Wildman–Crippen MR) is 80.9 cm³/mol. The average molecular weight is 297 g/mol. The molecule has 1 aromatic rings. The van der Waals surface area contributed by atoms with Crippen LogP contribution in [0.5, 0.6) is 5.75 Å². The van der Waals surface area contributed by atoms with Crippen molar-refractivity contribution in [2.45, 2.75) is 32.0 Å². The first-order valence-corrected chi connectivity index (χ1v) is 7.40. The molecule has 0 aromatic carbocycles. The second kappa shape index (κ2) is 7.22. The maximum Gasteiger partial charge on any atom is 0.161 e. The normalized spacial score (nSPS) is 23.7. The Morgan fingerprint density at radius 1 is 1.62 bits per heavy atom. The van der Waals surface area contributed by atoms with Crippen molar-refractivity contribution in [2.75, 3.05) is 34.4 Å². The van der Waals surface area contributed by atoms with Gasteiger partial charge in [0.1, 0.15) is 5.69 Å². The minimum absolute atomic E-state index is 0.0405. The van der Waals surface area contributed by atoms with Crippen LogP contribution >= 0.6 is 0 Å². The number of hydrogen-bond donors (Lipinski definition) is 2. The summed E-state index contributed by atoms with van der Waals surface area (Å²) in [6.07, 6.45) is 2.84. The third kappa shape index (κ3) is 3.55. The molecule has 1 saturated heterocycles. The van der Waals surface area contributed by atoms with Crippen LogP contribution in [0.1, 0.15) is 25.1 Å². The summed E-state index contributed by atoms with van der Waals surface area (Å²) in [6.45, 7) is 4.65. The summed E-state index contributed by atoms with van der Waals surface area (Å²) in [6, 6.07) is -0.123. The van der Waals surface area contributed by atoms with Crippen LogP contribution < -0.4 is 16.0 Å². The van der Waals surface area contributed by atoms with E-state index in [1.807, 2.05) is 18.8 Å². The van der Waals surface area contributed by atoms with E-state index in [1.54, 1.807) is 13.3 Å². The Bertz CT molecular complexity index is 449. The van der Waals surface area contributed by atoms with E-state index in [4.69, 9.17) is 15.3 Å². The van der Waals surface area contributed by atoms with Gasteiger partial charge in [-0.15, -0.1) is 0 Å². The number of methoxy groups -OCH3 is 1. The highest BCUT2D eigenvalue weighted by Gasteiger charge is 2.36. The highest BCUT2D eigenvalue weighted by Crippen LogP contribution is 2.34. The molecule has 3 unspecified atom stereocenters. The maximum absolute atomic E-state index is 5.87. The van der Waals surface area contributed by atoms with Crippen molar-refractivity contribution >= 4 is 0 Å². The molecule has 3 N–H and O–H groups in total. The lowest BCUT2D eigenvalue weighted by Crippen LogP contribution is -2.40. The second-order valence-electron chi connectivity index (χ2n) is 5.87. The van der Waals surface area contributed by atoms with E-state index >= 15 is 0 Å². The third-order valence-corrected chi connectivity index (χ3v) is 4.07. The molecule has 0 aliphatic carbocycles. The fourth-order valence-corrected chi connectivity index (χ4v) is 2.79. The number of rotatable bonds is 7. The van der Waals surface area contributed by atoms with Crippen LogP contribution in [0.4, 0.5) is 0 Å². The van der Waals surface area contributed by atoms with Crippen molar-refractivity contribution < 1.29 is 9.47 Å². The van der Waals surface area contributed by atoms with E-state index in [0.717, 1.165) is 37.6 Å². The topological polar surface area (TPSA) is 77.6 Å². The van der Waals surface area contributed by atoms with E-state index in [-0.39, 0.29) is 12.1 Å². The minimum atomic E-state index is -0.123. The Morgan fingerprint density at radius 3 is 2.90 bits per heavy atom. The lowest BCUT2D eigenvalue weighted by atomic mass is 9.95. The Labute approximate surface area is 126 Å². The Morgan fingerprint density at radius 2 is 2.38 bits per heavy atom. The van der Waals surface area contributed by atoms with E-state index in [2.05, 4.69) is 22.3 Å². The van der Waals surface area contributed by atoms with Crippen LogP contribution in [0, 0.1) is 5.92 Å². The van der Waals surface area contributed by atoms with Crippen molar-refractivity contribution in [3.8, 4) is 5.75 Å². The summed E-state index contributed by atoms with van der Waals surface area (Å²) in [5.74, 6) is 7.02. The summed E-state index contributed by atoms with van der Waals surface area (Å²) in [7, 11) is 5.74. The van der Waals surface area contributed by atoms with Gasteiger partial charge in [-0.25, -0.2) is 5.43 Å². The number of likely N-dealkylation sites (N-methyl/N-ethyl adjacent to an activating group) is 1. The highest BCUT2D eigenvalue weighted by molar-refractivity contribution is 5.29. The van der Waals surface area contributed by atoms with Gasteiger partial charge >= 0.3 is 0 Å². The number of hydrogen-bond acceptors (Lipinski definition) is 6. The second-order valence-corrected chi connectivity index (χ2v) is 5.87. The summed E-state index contributed by atoms with van der Waals surface area (Å²) in [5, 5.41) is 4.44. The van der Waals surface area contributed by atoms with E-state index in [1.165, 1.54) is 0 Å². The number of nitrogens with one attached hydrogen (secondary N) is 1. The first-order chi connectivity index (χ1) is 10.1. The molecule has 7 heteroatoms. The van der Waals surface area contributed by atoms with Gasteiger partial charge in [-0.05, 0) is 26.4 Å². The molecule has 2 rings (SSSR count). The highest BCUT2D eigenvalue weighted by atomic mass is 16.5. The predicted octanol–water partition coefficient (Wildman–Crippen LogP) is 0.383. The van der Waals surface area contributed by atoms with Gasteiger partial charge in [0, 0.05) is 13.2 Å². The largest absolute Gasteiger partial charge is 0.493 e. The molecule has 0 amide bonds. The number of aromatic nitrogens is 2. The molecule has 120 valence electrons. The Hall–Kier alpha value is -1.15. The van der Waals surface area contributed by atoms with Gasteiger partial charge in [0.05, 0.1) is 32.0 Å². The van der Waals surface area contributed by atoms with Crippen molar-refractivity contribution in [1.29, 1.82) is 0 Å². The van der Waals surface area contributed by atoms with E-state index in [9.17, 15) is 0 Å². The molecule has 21 heavy (non-hydrogen) atoms. The van der Waals surface area contributed by atoms with Crippen LogP contribution in [0.15, 0.2) is 6.20 Å². The lowest BCUT2D eigenvalue weighted by molar-refractivity contribution is 0.0569. The van der Waals surface area contributed by atoms with Gasteiger partial charge in [-0.3, -0.25) is 10.5 Å². The number of hydrazine groups is 1. The average Bonchev–Trinajstić information content (AvgIpc) is 3.05. The molecular weight excluding hydrogens is 270 g/mol. The molecule has 1 fully saturated rings. The summed E-state index contributed by atoms with van der Waals surface area (Å²) in [4.78, 5) is 2.12. The fourth-order valence-electron chi connectivity index (χ4n) is 2.79. The zero-order chi connectivity index (χ0) is 15.4. The molecule has 7 nitrogen and oxygen atoms in total. The molecule has 0 radical (unpaired) electrons. The number of nitrogens with two attached hydrogens (primary N) is 1. The molecule has 0 spiro atoms. The van der Waals surface area contributed by atoms with Gasteiger partial charge < -0.3 is 14.4 Å². The van der Waals surface area contributed by atoms with Gasteiger partial charge in [0.25, 0.3) is 0 Å². The van der Waals surface area contributed by atoms with Crippen LogP contribution in [0.2, 0.25) is 0 Å². The SMILES string of the molecule is COc1cnn(CCN(C)C)c1C(NN)C1OCCC1C. The third-order valence-electron chi connectivity index (χ3n) is 4.07. The van der Waals surface area contributed by atoms with E-state index < -0.39 is 0 Å². The smallest absolute Gasteiger partial charge is 0.161 e. The Balaban J connectivity index is 2.27. The van der Waals surface area contributed by atoms with Crippen molar-refractivity contribution in [1.82, 2.24) is 20.1 Å². The maximum atomic E-state index is 5.87. The molecule has 3 atom stereocenters. The minimum Gasteiger partial charge on any atom is -0.493 e. The zero-order valence-corrected chi connectivity index (χ0v) is 13.4. The van der Waals surface area contributed by atoms with Crippen molar-refractivity contribution in [3.63, 3.8) is 0 Å². The Kier molecular flexibility index (Phi) is 5.58.